The summed E-state index contributed by atoms with van der Waals surface area (Å²) in [5.74, 6) is 0. The summed E-state index contributed by atoms with van der Waals surface area (Å²) < 4.78 is 0. The zero-order chi connectivity index (χ0) is 14.7. The Kier molecular flexibility index (Phi) is 4.39. The first-order valence-electron chi connectivity index (χ1n) is 7.94. The molecule has 3 rings (SSSR count). The molecule has 21 heavy (non-hydrogen) atoms. The molecule has 2 fully saturated rings. The molecule has 1 heterocycles. The number of hydrogen-bond acceptors (Lipinski definition) is 1. The standard InChI is InChI=1S/C17H23ClN2O/c18-15-5-1-4-14(12-15)6-10-19-16(21)20-11-3-9-17(13-20)7-2-8-17/h1,4-5,12H,2-3,6-11,13H2,(H,19,21). The molecule has 1 saturated carbocycles. The fourth-order valence-corrected chi connectivity index (χ4v) is 3.80. The first-order valence-corrected chi connectivity index (χ1v) is 8.32. The van der Waals surface area contributed by atoms with Crippen molar-refractivity contribution in [2.24, 2.45) is 5.41 Å². The molecule has 0 unspecified atom stereocenters. The molecule has 1 N–H and O–H groups in total. The molecule has 0 aromatic heterocycles. The van der Waals surface area contributed by atoms with Gasteiger partial charge in [0.25, 0.3) is 0 Å². The van der Waals surface area contributed by atoms with Crippen molar-refractivity contribution in [3.63, 3.8) is 0 Å². The molecule has 1 spiro atoms. The molecule has 2 amide bonds. The van der Waals surface area contributed by atoms with Crippen molar-refractivity contribution >= 4 is 17.6 Å². The smallest absolute Gasteiger partial charge is 0.317 e. The van der Waals surface area contributed by atoms with Gasteiger partial charge in [-0.3, -0.25) is 0 Å². The van der Waals surface area contributed by atoms with Gasteiger partial charge in [0.15, 0.2) is 0 Å². The van der Waals surface area contributed by atoms with E-state index < -0.39 is 0 Å². The summed E-state index contributed by atoms with van der Waals surface area (Å²) >= 11 is 5.97. The van der Waals surface area contributed by atoms with Crippen molar-refractivity contribution in [2.75, 3.05) is 19.6 Å². The SMILES string of the molecule is O=C(NCCc1cccc(Cl)c1)N1CCCC2(CCC2)C1. The van der Waals surface area contributed by atoms with E-state index >= 15 is 0 Å². The van der Waals surface area contributed by atoms with E-state index in [-0.39, 0.29) is 6.03 Å². The summed E-state index contributed by atoms with van der Waals surface area (Å²) in [6.45, 7) is 2.53. The van der Waals surface area contributed by atoms with Gasteiger partial charge in [-0.2, -0.15) is 0 Å². The minimum Gasteiger partial charge on any atom is -0.338 e. The fraction of sp³-hybridized carbons (Fsp3) is 0.588. The molecule has 0 radical (unpaired) electrons. The molecule has 1 aromatic rings. The van der Waals surface area contributed by atoms with Gasteiger partial charge in [-0.15, -0.1) is 0 Å². The van der Waals surface area contributed by atoms with Crippen LogP contribution in [0.2, 0.25) is 5.02 Å². The number of benzene rings is 1. The summed E-state index contributed by atoms with van der Waals surface area (Å²) in [6, 6.07) is 7.92. The molecule has 0 bridgehead atoms. The van der Waals surface area contributed by atoms with Crippen LogP contribution in [0.3, 0.4) is 0 Å². The predicted molar refractivity (Wildman–Crippen MR) is 85.6 cm³/mol. The van der Waals surface area contributed by atoms with E-state index in [2.05, 4.69) is 5.32 Å². The van der Waals surface area contributed by atoms with E-state index in [0.29, 0.717) is 12.0 Å². The van der Waals surface area contributed by atoms with E-state index in [1.807, 2.05) is 29.2 Å². The highest BCUT2D eigenvalue weighted by Crippen LogP contribution is 2.47. The number of carbonyl (C=O) groups is 1. The lowest BCUT2D eigenvalue weighted by atomic mass is 9.64. The van der Waals surface area contributed by atoms with E-state index in [4.69, 9.17) is 11.6 Å². The number of halogens is 1. The second kappa shape index (κ2) is 6.27. The Morgan fingerprint density at radius 2 is 2.10 bits per heavy atom. The molecule has 0 atom stereocenters. The number of carbonyl (C=O) groups excluding carboxylic acids is 1. The van der Waals surface area contributed by atoms with Gasteiger partial charge >= 0.3 is 6.03 Å². The monoisotopic (exact) mass is 306 g/mol. The molecule has 1 aliphatic heterocycles. The number of likely N-dealkylation sites (tertiary alicyclic amines) is 1. The first kappa shape index (κ1) is 14.7. The quantitative estimate of drug-likeness (QED) is 0.903. The number of nitrogens with one attached hydrogen (secondary N) is 1. The lowest BCUT2D eigenvalue weighted by molar-refractivity contribution is 0.0370. The zero-order valence-electron chi connectivity index (χ0n) is 12.4. The van der Waals surface area contributed by atoms with Crippen LogP contribution >= 0.6 is 11.6 Å². The van der Waals surface area contributed by atoms with Crippen LogP contribution in [0, 0.1) is 5.41 Å². The highest BCUT2D eigenvalue weighted by Gasteiger charge is 2.41. The molecule has 3 nitrogen and oxygen atoms in total. The Morgan fingerprint density at radius 1 is 1.29 bits per heavy atom. The maximum Gasteiger partial charge on any atom is 0.317 e. The largest absolute Gasteiger partial charge is 0.338 e. The highest BCUT2D eigenvalue weighted by molar-refractivity contribution is 6.30. The van der Waals surface area contributed by atoms with E-state index in [9.17, 15) is 4.79 Å². The summed E-state index contributed by atoms with van der Waals surface area (Å²) in [5.41, 5.74) is 1.62. The summed E-state index contributed by atoms with van der Waals surface area (Å²) in [4.78, 5) is 14.3. The van der Waals surface area contributed by atoms with Crippen LogP contribution in [-0.4, -0.2) is 30.6 Å². The van der Waals surface area contributed by atoms with Crippen LogP contribution in [-0.2, 0) is 6.42 Å². The van der Waals surface area contributed by atoms with Crippen molar-refractivity contribution in [1.29, 1.82) is 0 Å². The topological polar surface area (TPSA) is 32.3 Å². The number of hydrogen-bond donors (Lipinski definition) is 1. The van der Waals surface area contributed by atoms with Crippen LogP contribution in [0.5, 0.6) is 0 Å². The summed E-state index contributed by atoms with van der Waals surface area (Å²) in [7, 11) is 0. The third-order valence-corrected chi connectivity index (χ3v) is 5.18. The highest BCUT2D eigenvalue weighted by atomic mass is 35.5. The van der Waals surface area contributed by atoms with Crippen LogP contribution in [0.25, 0.3) is 0 Å². The van der Waals surface area contributed by atoms with Gasteiger partial charge in [0.2, 0.25) is 0 Å². The predicted octanol–water partition coefficient (Wildman–Crippen LogP) is 3.86. The van der Waals surface area contributed by atoms with Gasteiger partial charge < -0.3 is 10.2 Å². The number of rotatable bonds is 3. The van der Waals surface area contributed by atoms with E-state index in [1.165, 1.54) is 25.7 Å². The van der Waals surface area contributed by atoms with Crippen LogP contribution in [0.15, 0.2) is 24.3 Å². The normalized spacial score (nSPS) is 20.1. The van der Waals surface area contributed by atoms with Gasteiger partial charge in [-0.05, 0) is 55.2 Å². The molecule has 4 heteroatoms. The average molecular weight is 307 g/mol. The molecular weight excluding hydrogens is 284 g/mol. The Morgan fingerprint density at radius 3 is 2.81 bits per heavy atom. The fourth-order valence-electron chi connectivity index (χ4n) is 3.58. The van der Waals surface area contributed by atoms with Crippen LogP contribution in [0.1, 0.15) is 37.7 Å². The minimum absolute atomic E-state index is 0.100. The van der Waals surface area contributed by atoms with Crippen molar-refractivity contribution in [3.8, 4) is 0 Å². The maximum atomic E-state index is 12.3. The van der Waals surface area contributed by atoms with Crippen LogP contribution in [0.4, 0.5) is 4.79 Å². The van der Waals surface area contributed by atoms with E-state index in [0.717, 1.165) is 36.5 Å². The molecule has 1 saturated heterocycles. The lowest BCUT2D eigenvalue weighted by Gasteiger charge is -2.48. The van der Waals surface area contributed by atoms with E-state index in [1.54, 1.807) is 0 Å². The number of nitrogens with zero attached hydrogens (tertiary/aromatic N) is 1. The second-order valence-electron chi connectivity index (χ2n) is 6.49. The van der Waals surface area contributed by atoms with Crippen molar-refractivity contribution < 1.29 is 4.79 Å². The summed E-state index contributed by atoms with van der Waals surface area (Å²) in [5, 5.41) is 3.80. The third kappa shape index (κ3) is 3.52. The maximum absolute atomic E-state index is 12.3. The Bertz CT molecular complexity index is 513. The van der Waals surface area contributed by atoms with Gasteiger partial charge in [0.05, 0.1) is 0 Å². The first-order chi connectivity index (χ1) is 10.2. The van der Waals surface area contributed by atoms with Crippen molar-refractivity contribution in [2.45, 2.75) is 38.5 Å². The molecule has 2 aliphatic rings. The third-order valence-electron chi connectivity index (χ3n) is 4.94. The molecule has 1 aromatic carbocycles. The number of amides is 2. The molecular formula is C17H23ClN2O. The molecule has 114 valence electrons. The lowest BCUT2D eigenvalue weighted by Crippen LogP contribution is -2.52. The molecule has 1 aliphatic carbocycles. The van der Waals surface area contributed by atoms with Crippen molar-refractivity contribution in [3.05, 3.63) is 34.9 Å². The Labute approximate surface area is 131 Å². The van der Waals surface area contributed by atoms with Crippen molar-refractivity contribution in [1.82, 2.24) is 10.2 Å². The zero-order valence-corrected chi connectivity index (χ0v) is 13.2. The van der Waals surface area contributed by atoms with Crippen LogP contribution < -0.4 is 5.32 Å². The minimum atomic E-state index is 0.100. The number of piperidine rings is 1. The number of urea groups is 1. The Balaban J connectivity index is 1.45. The van der Waals surface area contributed by atoms with Gasteiger partial charge in [0.1, 0.15) is 0 Å². The average Bonchev–Trinajstić information content (AvgIpc) is 2.46. The van der Waals surface area contributed by atoms with Gasteiger partial charge in [-0.1, -0.05) is 30.2 Å². The second-order valence-corrected chi connectivity index (χ2v) is 6.93. The summed E-state index contributed by atoms with van der Waals surface area (Å²) in [6.07, 6.45) is 7.23. The van der Waals surface area contributed by atoms with Gasteiger partial charge in [0, 0.05) is 24.7 Å². The van der Waals surface area contributed by atoms with Gasteiger partial charge in [-0.25, -0.2) is 4.79 Å². The Hall–Kier alpha value is -1.22.